The zero-order valence-electron chi connectivity index (χ0n) is 7.95. The lowest BCUT2D eigenvalue weighted by molar-refractivity contribution is 0.281. The van der Waals surface area contributed by atoms with E-state index < -0.39 is 0 Å². The maximum absolute atomic E-state index is 4.36. The van der Waals surface area contributed by atoms with Gasteiger partial charge in [0.15, 0.2) is 0 Å². The van der Waals surface area contributed by atoms with Gasteiger partial charge in [-0.05, 0) is 6.07 Å². The van der Waals surface area contributed by atoms with Crippen LogP contribution in [0.2, 0.25) is 0 Å². The van der Waals surface area contributed by atoms with Gasteiger partial charge in [-0.3, -0.25) is 4.48 Å². The first-order valence-electron chi connectivity index (χ1n) is 4.69. The molecule has 2 rings (SSSR count). The maximum Gasteiger partial charge on any atom is 0.227 e. The van der Waals surface area contributed by atoms with Gasteiger partial charge in [0.1, 0.15) is 0 Å². The van der Waals surface area contributed by atoms with E-state index in [1.54, 1.807) is 6.20 Å². The highest BCUT2D eigenvalue weighted by molar-refractivity contribution is 5.33. The van der Waals surface area contributed by atoms with Crippen molar-refractivity contribution in [2.75, 3.05) is 33.2 Å². The summed E-state index contributed by atoms with van der Waals surface area (Å²) >= 11 is 0. The Morgan fingerprint density at radius 2 is 2.23 bits per heavy atom. The molecule has 1 N–H and O–H groups in total. The minimum atomic E-state index is 0.946. The molecule has 69 valence electrons. The molecule has 0 spiro atoms. The standard InChI is InChI=1S/C10H15N3/c1-13(8-6-11-7-9-13)10-4-2-3-5-12-10/h2,4-5,11H,6-9H2,1H3/q+1. The van der Waals surface area contributed by atoms with Gasteiger partial charge in [0.25, 0.3) is 0 Å². The molecular formula is C10H15N3+. The molecule has 1 aliphatic heterocycles. The van der Waals surface area contributed by atoms with Gasteiger partial charge in [-0.15, -0.1) is 0 Å². The highest BCUT2D eigenvalue weighted by atomic mass is 15.4. The van der Waals surface area contributed by atoms with E-state index in [4.69, 9.17) is 0 Å². The molecule has 1 radical (unpaired) electrons. The Bertz CT molecular complexity index is 265. The van der Waals surface area contributed by atoms with Crippen molar-refractivity contribution in [3.8, 4) is 0 Å². The van der Waals surface area contributed by atoms with Crippen molar-refractivity contribution in [2.24, 2.45) is 0 Å². The van der Waals surface area contributed by atoms with Crippen molar-refractivity contribution >= 4 is 5.82 Å². The fourth-order valence-electron chi connectivity index (χ4n) is 1.75. The van der Waals surface area contributed by atoms with Crippen LogP contribution in [0.15, 0.2) is 18.3 Å². The Morgan fingerprint density at radius 3 is 2.85 bits per heavy atom. The molecule has 1 aromatic rings. The molecule has 0 aliphatic carbocycles. The minimum absolute atomic E-state index is 0.946. The number of quaternary nitrogens is 1. The summed E-state index contributed by atoms with van der Waals surface area (Å²) in [6, 6.07) is 6.95. The molecule has 1 aliphatic rings. The normalized spacial score (nSPS) is 21.3. The Hall–Kier alpha value is -0.930. The first-order chi connectivity index (χ1) is 6.31. The average molecular weight is 177 g/mol. The second-order valence-corrected chi connectivity index (χ2v) is 3.71. The second-order valence-electron chi connectivity index (χ2n) is 3.71. The molecule has 0 aromatic carbocycles. The predicted molar refractivity (Wildman–Crippen MR) is 53.4 cm³/mol. The molecule has 1 fully saturated rings. The molecule has 1 aromatic heterocycles. The van der Waals surface area contributed by atoms with Crippen LogP contribution in [0.3, 0.4) is 0 Å². The van der Waals surface area contributed by atoms with E-state index in [0.717, 1.165) is 36.5 Å². The lowest BCUT2D eigenvalue weighted by Crippen LogP contribution is -2.57. The van der Waals surface area contributed by atoms with E-state index in [1.807, 2.05) is 6.07 Å². The summed E-state index contributed by atoms with van der Waals surface area (Å²) in [4.78, 5) is 4.36. The topological polar surface area (TPSA) is 24.9 Å². The molecule has 0 amide bonds. The number of hydrogen-bond acceptors (Lipinski definition) is 2. The number of hydrogen-bond donors (Lipinski definition) is 1. The van der Waals surface area contributed by atoms with Crippen LogP contribution in [0.5, 0.6) is 0 Å². The second kappa shape index (κ2) is 3.44. The molecule has 3 nitrogen and oxygen atoms in total. The zero-order chi connectivity index (χ0) is 9.15. The highest BCUT2D eigenvalue weighted by Crippen LogP contribution is 2.17. The van der Waals surface area contributed by atoms with Crippen molar-refractivity contribution in [2.45, 2.75) is 0 Å². The zero-order valence-corrected chi connectivity index (χ0v) is 7.95. The van der Waals surface area contributed by atoms with Gasteiger partial charge in [-0.25, -0.2) is 4.98 Å². The van der Waals surface area contributed by atoms with Gasteiger partial charge in [0, 0.05) is 31.4 Å². The van der Waals surface area contributed by atoms with E-state index in [-0.39, 0.29) is 0 Å². The smallest absolute Gasteiger partial charge is 0.227 e. The number of likely N-dealkylation sites (N-methyl/N-ethyl adjacent to an activating group) is 1. The third-order valence-electron chi connectivity index (χ3n) is 2.72. The summed E-state index contributed by atoms with van der Waals surface area (Å²) in [5.41, 5.74) is 0. The summed E-state index contributed by atoms with van der Waals surface area (Å²) in [5, 5.41) is 3.36. The van der Waals surface area contributed by atoms with Crippen LogP contribution in [0.1, 0.15) is 0 Å². The molecule has 13 heavy (non-hydrogen) atoms. The maximum atomic E-state index is 4.36. The van der Waals surface area contributed by atoms with Gasteiger partial charge in [-0.1, -0.05) is 0 Å². The van der Waals surface area contributed by atoms with Crippen LogP contribution in [-0.4, -0.2) is 38.2 Å². The quantitative estimate of drug-likeness (QED) is 0.629. The van der Waals surface area contributed by atoms with Gasteiger partial charge in [0.05, 0.1) is 20.1 Å². The van der Waals surface area contributed by atoms with Crippen molar-refractivity contribution < 1.29 is 0 Å². The molecule has 2 heterocycles. The van der Waals surface area contributed by atoms with Gasteiger partial charge < -0.3 is 5.32 Å². The van der Waals surface area contributed by atoms with Crippen LogP contribution >= 0.6 is 0 Å². The average Bonchev–Trinajstić information content (AvgIpc) is 2.20. The van der Waals surface area contributed by atoms with Crippen molar-refractivity contribution in [3.63, 3.8) is 0 Å². The molecular weight excluding hydrogens is 162 g/mol. The number of rotatable bonds is 1. The molecule has 0 bridgehead atoms. The molecule has 1 saturated heterocycles. The van der Waals surface area contributed by atoms with Gasteiger partial charge >= 0.3 is 0 Å². The van der Waals surface area contributed by atoms with Crippen LogP contribution in [-0.2, 0) is 0 Å². The van der Waals surface area contributed by atoms with Crippen molar-refractivity contribution in [1.82, 2.24) is 14.8 Å². The summed E-state index contributed by atoms with van der Waals surface area (Å²) < 4.78 is 0.946. The van der Waals surface area contributed by atoms with Gasteiger partial charge in [-0.2, -0.15) is 0 Å². The highest BCUT2D eigenvalue weighted by Gasteiger charge is 2.27. The minimum Gasteiger partial charge on any atom is -0.306 e. The van der Waals surface area contributed by atoms with E-state index >= 15 is 0 Å². The molecule has 0 unspecified atom stereocenters. The predicted octanol–water partition coefficient (Wildman–Crippen LogP) is 0.422. The van der Waals surface area contributed by atoms with Crippen LogP contribution < -0.4 is 9.80 Å². The number of nitrogens with one attached hydrogen (secondary N) is 1. The van der Waals surface area contributed by atoms with E-state index in [0.29, 0.717) is 0 Å². The fourth-order valence-corrected chi connectivity index (χ4v) is 1.75. The Balaban J connectivity index is 2.23. The van der Waals surface area contributed by atoms with E-state index in [9.17, 15) is 0 Å². The van der Waals surface area contributed by atoms with E-state index in [2.05, 4.69) is 29.5 Å². The number of pyridine rings is 1. The lowest BCUT2D eigenvalue weighted by Gasteiger charge is -2.36. The lowest BCUT2D eigenvalue weighted by atomic mass is 10.3. The summed E-state index contributed by atoms with van der Waals surface area (Å²) in [7, 11) is 2.24. The summed E-state index contributed by atoms with van der Waals surface area (Å²) in [6.07, 6.45) is 1.75. The first-order valence-corrected chi connectivity index (χ1v) is 4.69. The van der Waals surface area contributed by atoms with Gasteiger partial charge in [0.2, 0.25) is 5.82 Å². The molecule has 0 saturated carbocycles. The van der Waals surface area contributed by atoms with Crippen LogP contribution in [0.25, 0.3) is 0 Å². The third-order valence-corrected chi connectivity index (χ3v) is 2.72. The largest absolute Gasteiger partial charge is 0.306 e. The molecule has 0 atom stereocenters. The number of piperazine rings is 1. The molecule has 3 heteroatoms. The van der Waals surface area contributed by atoms with Crippen molar-refractivity contribution in [3.05, 3.63) is 24.4 Å². The third kappa shape index (κ3) is 1.71. The Kier molecular flexibility index (Phi) is 2.29. The Morgan fingerprint density at radius 1 is 1.46 bits per heavy atom. The van der Waals surface area contributed by atoms with E-state index in [1.165, 1.54) is 0 Å². The number of nitrogens with zero attached hydrogens (tertiary/aromatic N) is 2. The monoisotopic (exact) mass is 177 g/mol. The SMILES string of the molecule is C[N+]1(c2cc[c]cn2)CCNCC1. The van der Waals surface area contributed by atoms with Crippen molar-refractivity contribution in [1.29, 1.82) is 0 Å². The fraction of sp³-hybridized carbons (Fsp3) is 0.500. The van der Waals surface area contributed by atoms with Crippen LogP contribution in [0.4, 0.5) is 5.82 Å². The van der Waals surface area contributed by atoms with Crippen LogP contribution in [0, 0.1) is 6.07 Å². The summed E-state index contributed by atoms with van der Waals surface area (Å²) in [6.45, 7) is 4.40. The number of aromatic nitrogens is 1. The first kappa shape index (κ1) is 8.66. The Labute approximate surface area is 79.0 Å². The summed E-state index contributed by atoms with van der Waals surface area (Å²) in [5.74, 6) is 1.15.